The first kappa shape index (κ1) is 14.6. The highest BCUT2D eigenvalue weighted by Gasteiger charge is 2.22. The second-order valence-corrected chi connectivity index (χ2v) is 6.99. The molecular weight excluding hydrogens is 306 g/mol. The molecule has 1 atom stereocenters. The fraction of sp³-hybridized carbons (Fsp3) is 0.333. The average molecular weight is 325 g/mol. The summed E-state index contributed by atoms with van der Waals surface area (Å²) in [4.78, 5) is 19.9. The van der Waals surface area contributed by atoms with Gasteiger partial charge in [-0.3, -0.25) is 9.36 Å². The Kier molecular flexibility index (Phi) is 3.75. The third-order valence-corrected chi connectivity index (χ3v) is 5.70. The van der Waals surface area contributed by atoms with Crippen LogP contribution in [-0.2, 0) is 13.0 Å². The zero-order chi connectivity index (χ0) is 15.8. The Bertz CT molecular complexity index is 898. The molecule has 0 saturated heterocycles. The summed E-state index contributed by atoms with van der Waals surface area (Å²) in [6.45, 7) is 3.90. The molecule has 0 spiro atoms. The zero-order valence-electron chi connectivity index (χ0n) is 13.1. The number of aromatic nitrogens is 2. The van der Waals surface area contributed by atoms with Gasteiger partial charge in [0.25, 0.3) is 5.56 Å². The topological polar surface area (TPSA) is 46.9 Å². The third-order valence-electron chi connectivity index (χ3n) is 4.56. The van der Waals surface area contributed by atoms with Crippen molar-refractivity contribution in [3.63, 3.8) is 0 Å². The Morgan fingerprint density at radius 2 is 2.17 bits per heavy atom. The molecule has 23 heavy (non-hydrogen) atoms. The van der Waals surface area contributed by atoms with Crippen molar-refractivity contribution >= 4 is 21.6 Å². The van der Waals surface area contributed by atoms with E-state index in [2.05, 4.69) is 29.4 Å². The molecule has 0 radical (unpaired) electrons. The van der Waals surface area contributed by atoms with E-state index in [1.54, 1.807) is 17.7 Å². The lowest BCUT2D eigenvalue weighted by Crippen LogP contribution is -2.27. The second kappa shape index (κ2) is 5.91. The largest absolute Gasteiger partial charge is 0.312 e. The molecule has 5 heteroatoms. The van der Waals surface area contributed by atoms with Gasteiger partial charge in [0.05, 0.1) is 17.8 Å². The van der Waals surface area contributed by atoms with E-state index in [-0.39, 0.29) is 11.6 Å². The van der Waals surface area contributed by atoms with Crippen molar-refractivity contribution < 1.29 is 0 Å². The van der Waals surface area contributed by atoms with Gasteiger partial charge in [0.15, 0.2) is 0 Å². The van der Waals surface area contributed by atoms with Gasteiger partial charge < -0.3 is 5.32 Å². The Labute approximate surface area is 138 Å². The van der Waals surface area contributed by atoms with Gasteiger partial charge in [-0.15, -0.1) is 11.3 Å². The van der Waals surface area contributed by atoms with Crippen molar-refractivity contribution in [2.45, 2.75) is 32.4 Å². The number of nitrogens with one attached hydrogen (secondary N) is 1. The lowest BCUT2D eigenvalue weighted by Gasteiger charge is -2.18. The van der Waals surface area contributed by atoms with Gasteiger partial charge >= 0.3 is 0 Å². The van der Waals surface area contributed by atoms with Crippen LogP contribution in [0.15, 0.2) is 41.5 Å². The van der Waals surface area contributed by atoms with Crippen molar-refractivity contribution in [1.29, 1.82) is 0 Å². The maximum atomic E-state index is 13.1. The van der Waals surface area contributed by atoms with Gasteiger partial charge in [-0.1, -0.05) is 37.3 Å². The molecule has 4 rings (SSSR count). The highest BCUT2D eigenvalue weighted by Crippen LogP contribution is 2.30. The first-order valence-electron chi connectivity index (χ1n) is 8.06. The van der Waals surface area contributed by atoms with E-state index >= 15 is 0 Å². The minimum Gasteiger partial charge on any atom is -0.312 e. The number of benzene rings is 1. The first-order valence-corrected chi connectivity index (χ1v) is 8.88. The van der Waals surface area contributed by atoms with Gasteiger partial charge in [0, 0.05) is 11.4 Å². The molecule has 1 N–H and O–H groups in total. The predicted molar refractivity (Wildman–Crippen MR) is 94.2 cm³/mol. The van der Waals surface area contributed by atoms with Gasteiger partial charge in [-0.2, -0.15) is 0 Å². The minimum absolute atomic E-state index is 0.0397. The number of rotatable bonds is 3. The summed E-state index contributed by atoms with van der Waals surface area (Å²) in [5.41, 5.74) is 2.47. The van der Waals surface area contributed by atoms with Crippen molar-refractivity contribution in [3.05, 3.63) is 63.0 Å². The van der Waals surface area contributed by atoms with Crippen molar-refractivity contribution in [1.82, 2.24) is 14.9 Å². The van der Waals surface area contributed by atoms with Crippen LogP contribution in [0.4, 0.5) is 0 Å². The minimum atomic E-state index is 0.0397. The SMILES string of the molecule is CC[C@@H](c1ccccc1)n1cnc2sc3c(c2c1=O)CCNC3. The normalized spacial score (nSPS) is 15.5. The molecule has 118 valence electrons. The van der Waals surface area contributed by atoms with Crippen molar-refractivity contribution in [3.8, 4) is 0 Å². The van der Waals surface area contributed by atoms with E-state index < -0.39 is 0 Å². The monoisotopic (exact) mass is 325 g/mol. The van der Waals surface area contributed by atoms with Crippen LogP contribution in [-0.4, -0.2) is 16.1 Å². The first-order chi connectivity index (χ1) is 11.3. The van der Waals surface area contributed by atoms with E-state index in [4.69, 9.17) is 0 Å². The van der Waals surface area contributed by atoms with Gasteiger partial charge in [-0.05, 0) is 30.5 Å². The number of hydrogen-bond donors (Lipinski definition) is 1. The Hall–Kier alpha value is -1.98. The molecule has 3 heterocycles. The Morgan fingerprint density at radius 3 is 2.96 bits per heavy atom. The molecule has 1 aliphatic rings. The zero-order valence-corrected chi connectivity index (χ0v) is 13.9. The molecule has 0 amide bonds. The van der Waals surface area contributed by atoms with Crippen LogP contribution in [0.1, 0.15) is 35.4 Å². The third kappa shape index (κ3) is 2.40. The summed E-state index contributed by atoms with van der Waals surface area (Å²) in [7, 11) is 0. The summed E-state index contributed by atoms with van der Waals surface area (Å²) in [5.74, 6) is 0. The summed E-state index contributed by atoms with van der Waals surface area (Å²) in [6, 6.07) is 10.2. The van der Waals surface area contributed by atoms with Crippen LogP contribution in [0, 0.1) is 0 Å². The maximum absolute atomic E-state index is 13.1. The molecular formula is C18H19N3OS. The van der Waals surface area contributed by atoms with E-state index in [9.17, 15) is 4.79 Å². The lowest BCUT2D eigenvalue weighted by atomic mass is 10.0. The van der Waals surface area contributed by atoms with Crippen LogP contribution in [0.2, 0.25) is 0 Å². The highest BCUT2D eigenvalue weighted by molar-refractivity contribution is 7.18. The summed E-state index contributed by atoms with van der Waals surface area (Å²) >= 11 is 1.65. The van der Waals surface area contributed by atoms with Gasteiger partial charge in [0.2, 0.25) is 0 Å². The highest BCUT2D eigenvalue weighted by atomic mass is 32.1. The number of thiophene rings is 1. The average Bonchev–Trinajstić information content (AvgIpc) is 2.98. The molecule has 1 aromatic carbocycles. The van der Waals surface area contributed by atoms with Gasteiger partial charge in [-0.25, -0.2) is 4.98 Å². The van der Waals surface area contributed by atoms with E-state index in [0.29, 0.717) is 0 Å². The van der Waals surface area contributed by atoms with Crippen LogP contribution < -0.4 is 10.9 Å². The standard InChI is InChI=1S/C18H19N3OS/c1-2-14(12-6-4-3-5-7-12)21-11-20-17-16(18(21)22)13-8-9-19-10-15(13)23-17/h3-7,11,14,19H,2,8-10H2,1H3/t14-/m0/s1. The summed E-state index contributed by atoms with van der Waals surface area (Å²) in [6.07, 6.45) is 3.50. The molecule has 0 saturated carbocycles. The van der Waals surface area contributed by atoms with Crippen LogP contribution in [0.5, 0.6) is 0 Å². The summed E-state index contributed by atoms with van der Waals surface area (Å²) < 4.78 is 1.81. The second-order valence-electron chi connectivity index (χ2n) is 5.90. The lowest BCUT2D eigenvalue weighted by molar-refractivity contribution is 0.544. The maximum Gasteiger partial charge on any atom is 0.262 e. The van der Waals surface area contributed by atoms with E-state index in [0.717, 1.165) is 41.7 Å². The van der Waals surface area contributed by atoms with Crippen LogP contribution >= 0.6 is 11.3 Å². The van der Waals surface area contributed by atoms with E-state index in [1.807, 2.05) is 22.8 Å². The van der Waals surface area contributed by atoms with Crippen LogP contribution in [0.25, 0.3) is 10.2 Å². The molecule has 3 aromatic rings. The van der Waals surface area contributed by atoms with Crippen molar-refractivity contribution in [2.75, 3.05) is 6.54 Å². The fourth-order valence-electron chi connectivity index (χ4n) is 3.42. The molecule has 1 aliphatic heterocycles. The number of hydrogen-bond acceptors (Lipinski definition) is 4. The quantitative estimate of drug-likeness (QED) is 0.805. The fourth-order valence-corrected chi connectivity index (χ4v) is 4.57. The number of nitrogens with zero attached hydrogens (tertiary/aromatic N) is 2. The smallest absolute Gasteiger partial charge is 0.262 e. The summed E-state index contributed by atoms with van der Waals surface area (Å²) in [5, 5.41) is 4.21. The molecule has 0 fully saturated rings. The van der Waals surface area contributed by atoms with Crippen LogP contribution in [0.3, 0.4) is 0 Å². The Morgan fingerprint density at radius 1 is 1.35 bits per heavy atom. The molecule has 4 nitrogen and oxygen atoms in total. The van der Waals surface area contributed by atoms with E-state index in [1.165, 1.54) is 10.4 Å². The Balaban J connectivity index is 1.91. The molecule has 2 aromatic heterocycles. The predicted octanol–water partition coefficient (Wildman–Crippen LogP) is 3.10. The molecule has 0 unspecified atom stereocenters. The van der Waals surface area contributed by atoms with Crippen molar-refractivity contribution in [2.24, 2.45) is 0 Å². The molecule has 0 bridgehead atoms. The number of fused-ring (bicyclic) bond motifs is 3. The molecule has 0 aliphatic carbocycles. The van der Waals surface area contributed by atoms with Gasteiger partial charge in [0.1, 0.15) is 4.83 Å².